The first-order chi connectivity index (χ1) is 11.9. The van der Waals surface area contributed by atoms with Crippen molar-refractivity contribution in [3.05, 3.63) is 46.1 Å². The maximum atomic E-state index is 10.0. The Kier molecular flexibility index (Phi) is 4.97. The van der Waals surface area contributed by atoms with Gasteiger partial charge in [-0.25, -0.2) is 0 Å². The summed E-state index contributed by atoms with van der Waals surface area (Å²) in [5.41, 5.74) is 6.18. The Bertz CT molecular complexity index is 729. The van der Waals surface area contributed by atoms with Crippen LogP contribution in [0.3, 0.4) is 0 Å². The molecule has 0 bridgehead atoms. The zero-order chi connectivity index (χ0) is 18.2. The molecule has 0 saturated carbocycles. The number of hydrogen-bond donors (Lipinski definition) is 2. The number of rotatable bonds is 4. The number of allylic oxidation sites excluding steroid dienone is 3. The smallest absolute Gasteiger partial charge is 0.157 e. The molecule has 2 aliphatic rings. The van der Waals surface area contributed by atoms with Gasteiger partial charge in [0.1, 0.15) is 5.60 Å². The molecule has 0 heterocycles. The van der Waals surface area contributed by atoms with Gasteiger partial charge >= 0.3 is 0 Å². The van der Waals surface area contributed by atoms with E-state index < -0.39 is 5.60 Å². The van der Waals surface area contributed by atoms with Crippen LogP contribution in [0, 0.1) is 5.92 Å². The number of ether oxygens (including phenoxy) is 1. The maximum absolute atomic E-state index is 10.0. The average molecular weight is 342 g/mol. The van der Waals surface area contributed by atoms with E-state index in [1.54, 1.807) is 24.8 Å². The fraction of sp³-hybridized carbons (Fsp3) is 0.545. The lowest BCUT2D eigenvalue weighted by atomic mass is 9.67. The Morgan fingerprint density at radius 2 is 1.88 bits per heavy atom. The summed E-state index contributed by atoms with van der Waals surface area (Å²) in [5.74, 6) is 0.263. The number of benzene rings is 1. The van der Waals surface area contributed by atoms with Crippen LogP contribution < -0.4 is 0 Å². The molecule has 136 valence electrons. The van der Waals surface area contributed by atoms with Crippen LogP contribution in [0.2, 0.25) is 0 Å². The first-order valence-electron chi connectivity index (χ1n) is 9.42. The van der Waals surface area contributed by atoms with Crippen LogP contribution in [0.25, 0.3) is 0 Å². The van der Waals surface area contributed by atoms with Crippen LogP contribution in [0.15, 0.2) is 40.5 Å². The zero-order valence-corrected chi connectivity index (χ0v) is 15.9. The molecule has 3 rings (SSSR count). The summed E-state index contributed by atoms with van der Waals surface area (Å²) < 4.78 is 6.07. The lowest BCUT2D eigenvalue weighted by Crippen LogP contribution is -2.34. The molecule has 0 fully saturated rings. The summed E-state index contributed by atoms with van der Waals surface area (Å²) in [5, 5.41) is 19.7. The van der Waals surface area contributed by atoms with Crippen molar-refractivity contribution in [2.45, 2.75) is 64.9 Å². The number of phenols is 2. The summed E-state index contributed by atoms with van der Waals surface area (Å²) in [4.78, 5) is 0. The zero-order valence-electron chi connectivity index (χ0n) is 15.9. The molecule has 2 N–H and O–H groups in total. The van der Waals surface area contributed by atoms with Crippen molar-refractivity contribution in [2.24, 2.45) is 5.92 Å². The molecule has 0 aliphatic heterocycles. The third kappa shape index (κ3) is 2.99. The van der Waals surface area contributed by atoms with E-state index >= 15 is 0 Å². The van der Waals surface area contributed by atoms with Crippen molar-refractivity contribution < 1.29 is 14.9 Å². The average Bonchev–Trinajstić information content (AvgIpc) is 2.63. The fourth-order valence-corrected chi connectivity index (χ4v) is 4.81. The van der Waals surface area contributed by atoms with Gasteiger partial charge in [0.2, 0.25) is 0 Å². The molecule has 3 heteroatoms. The summed E-state index contributed by atoms with van der Waals surface area (Å²) in [6, 6.07) is 5.04. The number of aromatic hydroxyl groups is 2. The molecule has 0 saturated heterocycles. The van der Waals surface area contributed by atoms with E-state index in [0.717, 1.165) is 18.4 Å². The number of phenolic OH excluding ortho intramolecular Hbond substituents is 2. The summed E-state index contributed by atoms with van der Waals surface area (Å²) in [6.45, 7) is 6.58. The third-order valence-electron chi connectivity index (χ3n) is 6.28. The van der Waals surface area contributed by atoms with Gasteiger partial charge in [0.15, 0.2) is 11.5 Å². The maximum Gasteiger partial charge on any atom is 0.157 e. The fourth-order valence-electron chi connectivity index (χ4n) is 4.81. The molecule has 0 spiro atoms. The second-order valence-electron chi connectivity index (χ2n) is 7.58. The van der Waals surface area contributed by atoms with Crippen molar-refractivity contribution in [3.63, 3.8) is 0 Å². The van der Waals surface area contributed by atoms with Gasteiger partial charge in [-0.1, -0.05) is 18.6 Å². The SMILES string of the molecule is CCC1CC2=C(CCCC2)C(C)=C1C(C)(OC)c1ccc(O)c(O)c1. The molecule has 2 atom stereocenters. The molecule has 0 aromatic heterocycles. The van der Waals surface area contributed by atoms with Crippen molar-refractivity contribution >= 4 is 0 Å². The number of hydrogen-bond acceptors (Lipinski definition) is 3. The van der Waals surface area contributed by atoms with Gasteiger partial charge in [0.05, 0.1) is 0 Å². The van der Waals surface area contributed by atoms with Crippen LogP contribution in [-0.2, 0) is 10.3 Å². The van der Waals surface area contributed by atoms with Crippen LogP contribution in [0.5, 0.6) is 11.5 Å². The van der Waals surface area contributed by atoms with E-state index in [9.17, 15) is 10.2 Å². The highest BCUT2D eigenvalue weighted by Crippen LogP contribution is 2.50. The normalized spacial score (nSPS) is 23.4. The molecule has 0 radical (unpaired) electrons. The van der Waals surface area contributed by atoms with E-state index in [2.05, 4.69) is 20.8 Å². The highest BCUT2D eigenvalue weighted by Gasteiger charge is 2.40. The quantitative estimate of drug-likeness (QED) is 0.703. The Morgan fingerprint density at radius 3 is 2.52 bits per heavy atom. The van der Waals surface area contributed by atoms with Crippen LogP contribution in [-0.4, -0.2) is 17.3 Å². The van der Waals surface area contributed by atoms with E-state index in [1.807, 2.05) is 6.07 Å². The summed E-state index contributed by atoms with van der Waals surface area (Å²) in [7, 11) is 1.74. The summed E-state index contributed by atoms with van der Waals surface area (Å²) >= 11 is 0. The minimum Gasteiger partial charge on any atom is -0.504 e. The molecule has 3 nitrogen and oxygen atoms in total. The van der Waals surface area contributed by atoms with Gasteiger partial charge in [0, 0.05) is 7.11 Å². The molecule has 1 aromatic rings. The molecule has 25 heavy (non-hydrogen) atoms. The van der Waals surface area contributed by atoms with E-state index in [0.29, 0.717) is 5.92 Å². The lowest BCUT2D eigenvalue weighted by molar-refractivity contribution is 0.0241. The standard InChI is InChI=1S/C22H30O3/c1-5-15-12-16-8-6-7-9-18(16)14(2)21(15)22(3,25-4)17-10-11-19(23)20(24)13-17/h10-11,13,15,23-24H,5-9,12H2,1-4H3. The Labute approximate surface area is 151 Å². The van der Waals surface area contributed by atoms with Crippen LogP contribution >= 0.6 is 0 Å². The summed E-state index contributed by atoms with van der Waals surface area (Å²) in [6.07, 6.45) is 7.19. The Balaban J connectivity index is 2.16. The van der Waals surface area contributed by atoms with Gasteiger partial charge in [-0.3, -0.25) is 0 Å². The van der Waals surface area contributed by atoms with Crippen molar-refractivity contribution in [3.8, 4) is 11.5 Å². The molecule has 0 amide bonds. The Hall–Kier alpha value is -1.74. The van der Waals surface area contributed by atoms with Gasteiger partial charge in [-0.2, -0.15) is 0 Å². The third-order valence-corrected chi connectivity index (χ3v) is 6.28. The van der Waals surface area contributed by atoms with Crippen LogP contribution in [0.1, 0.15) is 64.9 Å². The molecule has 2 unspecified atom stereocenters. The monoisotopic (exact) mass is 342 g/mol. The Morgan fingerprint density at radius 1 is 1.16 bits per heavy atom. The van der Waals surface area contributed by atoms with Crippen molar-refractivity contribution in [1.82, 2.24) is 0 Å². The molecule has 1 aromatic carbocycles. The molecular weight excluding hydrogens is 312 g/mol. The van der Waals surface area contributed by atoms with Gasteiger partial charge in [0.25, 0.3) is 0 Å². The molecular formula is C22H30O3. The van der Waals surface area contributed by atoms with E-state index in [4.69, 9.17) is 4.74 Å². The van der Waals surface area contributed by atoms with Crippen LogP contribution in [0.4, 0.5) is 0 Å². The lowest BCUT2D eigenvalue weighted by Gasteiger charge is -2.42. The largest absolute Gasteiger partial charge is 0.504 e. The number of methoxy groups -OCH3 is 1. The minimum absolute atomic E-state index is 0.0964. The topological polar surface area (TPSA) is 49.7 Å². The predicted octanol–water partition coefficient (Wildman–Crippen LogP) is 5.58. The van der Waals surface area contributed by atoms with Gasteiger partial charge in [-0.05, 0) is 92.7 Å². The van der Waals surface area contributed by atoms with Gasteiger partial charge in [-0.15, -0.1) is 0 Å². The van der Waals surface area contributed by atoms with Gasteiger partial charge < -0.3 is 14.9 Å². The first-order valence-corrected chi connectivity index (χ1v) is 9.42. The van der Waals surface area contributed by atoms with E-state index in [1.165, 1.54) is 42.4 Å². The highest BCUT2D eigenvalue weighted by atomic mass is 16.5. The predicted molar refractivity (Wildman–Crippen MR) is 101 cm³/mol. The van der Waals surface area contributed by atoms with Crippen molar-refractivity contribution in [1.29, 1.82) is 0 Å². The second kappa shape index (κ2) is 6.87. The minimum atomic E-state index is -0.605. The second-order valence-corrected chi connectivity index (χ2v) is 7.58. The van der Waals surface area contributed by atoms with Crippen molar-refractivity contribution in [2.75, 3.05) is 7.11 Å². The first kappa shape index (κ1) is 18.1. The van der Waals surface area contributed by atoms with E-state index in [-0.39, 0.29) is 11.5 Å². The highest BCUT2D eigenvalue weighted by molar-refractivity contribution is 5.51. The molecule has 2 aliphatic carbocycles.